The minimum Gasteiger partial charge on any atom is -0.491 e. The monoisotopic (exact) mass is 194 g/mol. The van der Waals surface area contributed by atoms with Crippen molar-refractivity contribution in [2.45, 2.75) is 39.9 Å². The third-order valence-corrected chi connectivity index (χ3v) is 1.98. The van der Waals surface area contributed by atoms with E-state index >= 15 is 0 Å². The van der Waals surface area contributed by atoms with Gasteiger partial charge in [0.25, 0.3) is 0 Å². The Kier molecular flexibility index (Phi) is 3.53. The van der Waals surface area contributed by atoms with Gasteiger partial charge in [0.15, 0.2) is 0 Å². The largest absolute Gasteiger partial charge is 0.491 e. The van der Waals surface area contributed by atoms with Crippen molar-refractivity contribution in [2.24, 2.45) is 0 Å². The van der Waals surface area contributed by atoms with Gasteiger partial charge in [0.2, 0.25) is 0 Å². The number of ether oxygens (including phenoxy) is 1. The van der Waals surface area contributed by atoms with Gasteiger partial charge in [-0.1, -0.05) is 11.6 Å². The molecule has 0 amide bonds. The lowest BCUT2D eigenvalue weighted by Crippen LogP contribution is -2.08. The van der Waals surface area contributed by atoms with E-state index in [0.29, 0.717) is 0 Å². The van der Waals surface area contributed by atoms with Crippen LogP contribution in [-0.4, -0.2) is 11.2 Å². The maximum Gasteiger partial charge on any atom is 0.125 e. The van der Waals surface area contributed by atoms with Gasteiger partial charge in [-0.3, -0.25) is 0 Å². The molecule has 1 atom stereocenters. The summed E-state index contributed by atoms with van der Waals surface area (Å²) in [6.45, 7) is 7.71. The molecule has 1 aromatic rings. The maximum absolute atomic E-state index is 9.56. The summed E-state index contributed by atoms with van der Waals surface area (Å²) >= 11 is 0. The van der Waals surface area contributed by atoms with E-state index in [1.54, 1.807) is 6.92 Å². The molecule has 0 saturated heterocycles. The molecule has 1 N–H and O–H groups in total. The van der Waals surface area contributed by atoms with Crippen LogP contribution in [0.4, 0.5) is 0 Å². The Bertz CT molecular complexity index is 303. The van der Waals surface area contributed by atoms with E-state index in [0.717, 1.165) is 16.9 Å². The summed E-state index contributed by atoms with van der Waals surface area (Å²) in [6.07, 6.45) is -0.348. The van der Waals surface area contributed by atoms with Crippen molar-refractivity contribution in [1.29, 1.82) is 0 Å². The molecule has 0 heterocycles. The topological polar surface area (TPSA) is 29.5 Å². The highest BCUT2D eigenvalue weighted by Gasteiger charge is 2.10. The molecule has 78 valence electrons. The van der Waals surface area contributed by atoms with E-state index in [2.05, 4.69) is 0 Å². The van der Waals surface area contributed by atoms with Crippen LogP contribution in [0.3, 0.4) is 0 Å². The zero-order chi connectivity index (χ0) is 10.7. The molecular weight excluding hydrogens is 176 g/mol. The number of aliphatic hydroxyl groups excluding tert-OH is 1. The van der Waals surface area contributed by atoms with E-state index in [4.69, 9.17) is 4.74 Å². The van der Waals surface area contributed by atoms with Gasteiger partial charge in [0, 0.05) is 5.56 Å². The van der Waals surface area contributed by atoms with E-state index in [1.807, 2.05) is 39.0 Å². The minimum atomic E-state index is -0.483. The zero-order valence-corrected chi connectivity index (χ0v) is 9.24. The quantitative estimate of drug-likeness (QED) is 0.801. The van der Waals surface area contributed by atoms with Crippen molar-refractivity contribution in [3.8, 4) is 5.75 Å². The van der Waals surface area contributed by atoms with Crippen LogP contribution in [0.15, 0.2) is 18.2 Å². The van der Waals surface area contributed by atoms with Crippen LogP contribution in [0.25, 0.3) is 0 Å². The van der Waals surface area contributed by atoms with Crippen LogP contribution in [0.1, 0.15) is 38.0 Å². The zero-order valence-electron chi connectivity index (χ0n) is 9.24. The molecule has 0 radical (unpaired) electrons. The molecule has 2 heteroatoms. The fraction of sp³-hybridized carbons (Fsp3) is 0.500. The number of rotatable bonds is 3. The van der Waals surface area contributed by atoms with Crippen molar-refractivity contribution in [2.75, 3.05) is 0 Å². The molecule has 0 bridgehead atoms. The Morgan fingerprint density at radius 2 is 1.86 bits per heavy atom. The fourth-order valence-electron chi connectivity index (χ4n) is 1.36. The standard InChI is InChI=1S/C12H18O2/c1-8(2)14-12-6-5-9(3)7-11(12)10(4)13/h5-8,10,13H,1-4H3. The van der Waals surface area contributed by atoms with Gasteiger partial charge in [-0.2, -0.15) is 0 Å². The van der Waals surface area contributed by atoms with E-state index in [1.165, 1.54) is 0 Å². The predicted octanol–water partition coefficient (Wildman–Crippen LogP) is 2.84. The first-order valence-electron chi connectivity index (χ1n) is 4.96. The van der Waals surface area contributed by atoms with Crippen LogP contribution in [0, 0.1) is 6.92 Å². The summed E-state index contributed by atoms with van der Waals surface area (Å²) in [6, 6.07) is 5.86. The van der Waals surface area contributed by atoms with Gasteiger partial charge in [-0.05, 0) is 39.8 Å². The lowest BCUT2D eigenvalue weighted by atomic mass is 10.1. The molecule has 14 heavy (non-hydrogen) atoms. The molecule has 0 spiro atoms. The lowest BCUT2D eigenvalue weighted by molar-refractivity contribution is 0.183. The number of hydrogen-bond acceptors (Lipinski definition) is 2. The van der Waals surface area contributed by atoms with E-state index in [9.17, 15) is 5.11 Å². The normalized spacial score (nSPS) is 13.0. The Morgan fingerprint density at radius 3 is 2.36 bits per heavy atom. The second-order valence-electron chi connectivity index (χ2n) is 3.88. The van der Waals surface area contributed by atoms with Crippen molar-refractivity contribution in [3.63, 3.8) is 0 Å². The molecule has 1 aromatic carbocycles. The smallest absolute Gasteiger partial charge is 0.125 e. The van der Waals surface area contributed by atoms with Gasteiger partial charge < -0.3 is 9.84 Å². The summed E-state index contributed by atoms with van der Waals surface area (Å²) in [5, 5.41) is 9.56. The van der Waals surface area contributed by atoms with E-state index < -0.39 is 6.10 Å². The highest BCUT2D eigenvalue weighted by Crippen LogP contribution is 2.26. The predicted molar refractivity (Wildman–Crippen MR) is 57.6 cm³/mol. The highest BCUT2D eigenvalue weighted by molar-refractivity contribution is 5.38. The highest BCUT2D eigenvalue weighted by atomic mass is 16.5. The number of aliphatic hydroxyl groups is 1. The van der Waals surface area contributed by atoms with Crippen LogP contribution >= 0.6 is 0 Å². The maximum atomic E-state index is 9.56. The molecule has 0 saturated carbocycles. The third-order valence-electron chi connectivity index (χ3n) is 1.98. The molecular formula is C12H18O2. The molecule has 1 unspecified atom stereocenters. The lowest BCUT2D eigenvalue weighted by Gasteiger charge is -2.16. The summed E-state index contributed by atoms with van der Waals surface area (Å²) in [4.78, 5) is 0. The van der Waals surface area contributed by atoms with Crippen molar-refractivity contribution in [1.82, 2.24) is 0 Å². The van der Waals surface area contributed by atoms with E-state index in [-0.39, 0.29) is 6.10 Å². The van der Waals surface area contributed by atoms with Crippen LogP contribution < -0.4 is 4.74 Å². The van der Waals surface area contributed by atoms with Crippen molar-refractivity contribution in [3.05, 3.63) is 29.3 Å². The van der Waals surface area contributed by atoms with Gasteiger partial charge in [0.05, 0.1) is 12.2 Å². The molecule has 0 aliphatic carbocycles. The first-order chi connectivity index (χ1) is 6.50. The van der Waals surface area contributed by atoms with Crippen LogP contribution in [0.5, 0.6) is 5.75 Å². The summed E-state index contributed by atoms with van der Waals surface area (Å²) < 4.78 is 5.60. The number of benzene rings is 1. The second-order valence-corrected chi connectivity index (χ2v) is 3.88. The molecule has 0 fully saturated rings. The Labute approximate surface area is 85.5 Å². The fourth-order valence-corrected chi connectivity index (χ4v) is 1.36. The van der Waals surface area contributed by atoms with Gasteiger partial charge in [-0.15, -0.1) is 0 Å². The average Bonchev–Trinajstić information content (AvgIpc) is 2.07. The first kappa shape index (κ1) is 11.1. The van der Waals surface area contributed by atoms with Gasteiger partial charge >= 0.3 is 0 Å². The Balaban J connectivity index is 3.02. The minimum absolute atomic E-state index is 0.134. The summed E-state index contributed by atoms with van der Waals surface area (Å²) in [7, 11) is 0. The van der Waals surface area contributed by atoms with Crippen molar-refractivity contribution >= 4 is 0 Å². The Morgan fingerprint density at radius 1 is 1.21 bits per heavy atom. The number of aryl methyl sites for hydroxylation is 1. The van der Waals surface area contributed by atoms with Crippen LogP contribution in [0.2, 0.25) is 0 Å². The summed E-state index contributed by atoms with van der Waals surface area (Å²) in [5.41, 5.74) is 2.00. The Hall–Kier alpha value is -1.02. The van der Waals surface area contributed by atoms with Crippen molar-refractivity contribution < 1.29 is 9.84 Å². The molecule has 2 nitrogen and oxygen atoms in total. The first-order valence-corrected chi connectivity index (χ1v) is 4.96. The SMILES string of the molecule is Cc1ccc(OC(C)C)c(C(C)O)c1. The summed E-state index contributed by atoms with van der Waals surface area (Å²) in [5.74, 6) is 0.778. The molecule has 1 rings (SSSR count). The van der Waals surface area contributed by atoms with Gasteiger partial charge in [-0.25, -0.2) is 0 Å². The number of hydrogen-bond donors (Lipinski definition) is 1. The second kappa shape index (κ2) is 4.47. The average molecular weight is 194 g/mol. The third kappa shape index (κ3) is 2.74. The molecule has 0 aliphatic heterocycles. The van der Waals surface area contributed by atoms with Crippen LogP contribution in [-0.2, 0) is 0 Å². The van der Waals surface area contributed by atoms with Gasteiger partial charge in [0.1, 0.15) is 5.75 Å². The molecule has 0 aliphatic rings. The molecule has 0 aromatic heterocycles.